The first-order valence-corrected chi connectivity index (χ1v) is 11.8. The fourth-order valence-electron chi connectivity index (χ4n) is 7.57. The van der Waals surface area contributed by atoms with E-state index in [1.54, 1.807) is 11.3 Å². The standard InChI is InChI=1S/C24H38OS/c1-16-8-9-18-15-20-17(2)10-13-24(25,21-7-6-14-26-21)23(20,5)12-11-19(16)22(18,3)4/h6-7,14,16-20,25H,8-13,15H2,1-5H3/t16-,17-,18+,19+,20-,23+,24?/m1/s1. The lowest BCUT2D eigenvalue weighted by Gasteiger charge is -2.61. The van der Waals surface area contributed by atoms with Crippen LogP contribution in [0.1, 0.15) is 84.4 Å². The molecule has 1 aromatic heterocycles. The van der Waals surface area contributed by atoms with Crippen LogP contribution in [-0.2, 0) is 5.60 Å². The minimum atomic E-state index is -0.628. The average Bonchev–Trinajstić information content (AvgIpc) is 3.11. The number of hydrogen-bond acceptors (Lipinski definition) is 2. The number of thiophene rings is 1. The average molecular weight is 375 g/mol. The molecule has 3 saturated carbocycles. The maximum atomic E-state index is 12.1. The van der Waals surface area contributed by atoms with E-state index in [1.807, 2.05) is 0 Å². The molecule has 1 nitrogen and oxygen atoms in total. The van der Waals surface area contributed by atoms with Crippen LogP contribution in [0.15, 0.2) is 17.5 Å². The van der Waals surface area contributed by atoms with Gasteiger partial charge in [0, 0.05) is 10.3 Å². The van der Waals surface area contributed by atoms with E-state index in [4.69, 9.17) is 0 Å². The summed E-state index contributed by atoms with van der Waals surface area (Å²) in [6.45, 7) is 12.5. The summed E-state index contributed by atoms with van der Waals surface area (Å²) in [5.74, 6) is 3.83. The monoisotopic (exact) mass is 374 g/mol. The van der Waals surface area contributed by atoms with Crippen molar-refractivity contribution >= 4 is 11.3 Å². The molecule has 1 aromatic rings. The van der Waals surface area contributed by atoms with Gasteiger partial charge in [0.2, 0.25) is 0 Å². The Hall–Kier alpha value is -0.340. The predicted molar refractivity (Wildman–Crippen MR) is 111 cm³/mol. The Balaban J connectivity index is 1.77. The van der Waals surface area contributed by atoms with Crippen LogP contribution >= 0.6 is 11.3 Å². The van der Waals surface area contributed by atoms with Gasteiger partial charge < -0.3 is 5.11 Å². The molecule has 2 heteroatoms. The molecule has 0 spiro atoms. The van der Waals surface area contributed by atoms with Crippen molar-refractivity contribution in [3.8, 4) is 0 Å². The molecule has 1 heterocycles. The normalized spacial score (nSPS) is 48.3. The summed E-state index contributed by atoms with van der Waals surface area (Å²) < 4.78 is 0. The Morgan fingerprint density at radius 2 is 1.69 bits per heavy atom. The topological polar surface area (TPSA) is 20.2 Å². The minimum Gasteiger partial charge on any atom is -0.384 e. The second-order valence-electron chi connectivity index (χ2n) is 10.8. The third-order valence-corrected chi connectivity index (χ3v) is 10.5. The minimum absolute atomic E-state index is 0.0135. The summed E-state index contributed by atoms with van der Waals surface area (Å²) >= 11 is 1.77. The maximum Gasteiger partial charge on any atom is 0.104 e. The highest BCUT2D eigenvalue weighted by molar-refractivity contribution is 7.10. The van der Waals surface area contributed by atoms with Crippen molar-refractivity contribution in [1.29, 1.82) is 0 Å². The SMILES string of the molecule is C[C@@H]1CCC(O)(c2cccs2)[C@@]2(C)CC[C@H]3[C@H](C)CC[C@@H](C[C@H]12)C3(C)C. The van der Waals surface area contributed by atoms with Crippen molar-refractivity contribution in [2.24, 2.45) is 40.4 Å². The molecular formula is C24H38OS. The first-order chi connectivity index (χ1) is 12.2. The molecule has 0 radical (unpaired) electrons. The fraction of sp³-hybridized carbons (Fsp3) is 0.833. The first-order valence-electron chi connectivity index (χ1n) is 11.0. The third kappa shape index (κ3) is 2.58. The highest BCUT2D eigenvalue weighted by atomic mass is 32.1. The predicted octanol–water partition coefficient (Wildman–Crippen LogP) is 6.86. The lowest BCUT2D eigenvalue weighted by Crippen LogP contribution is -2.57. The van der Waals surface area contributed by atoms with Gasteiger partial charge in [-0.2, -0.15) is 0 Å². The Labute approximate surface area is 164 Å². The van der Waals surface area contributed by atoms with E-state index >= 15 is 0 Å². The summed E-state index contributed by atoms with van der Waals surface area (Å²) in [5, 5.41) is 14.2. The molecule has 3 fully saturated rings. The van der Waals surface area contributed by atoms with Crippen LogP contribution in [0.25, 0.3) is 0 Å². The highest BCUT2D eigenvalue weighted by Gasteiger charge is 2.59. The molecule has 3 aliphatic rings. The number of fused-ring (bicyclic) bond motifs is 3. The Kier molecular flexibility index (Phi) is 4.63. The lowest BCUT2D eigenvalue weighted by atomic mass is 9.45. The van der Waals surface area contributed by atoms with Crippen LogP contribution in [0.3, 0.4) is 0 Å². The van der Waals surface area contributed by atoms with Gasteiger partial charge in [0.15, 0.2) is 0 Å². The molecule has 7 atom stereocenters. The summed E-state index contributed by atoms with van der Waals surface area (Å²) in [4.78, 5) is 1.22. The summed E-state index contributed by atoms with van der Waals surface area (Å²) in [6.07, 6.45) is 8.70. The van der Waals surface area contributed by atoms with E-state index in [2.05, 4.69) is 52.1 Å². The number of aliphatic hydroxyl groups is 1. The number of rotatable bonds is 1. The quantitative estimate of drug-likeness (QED) is 0.569. The Morgan fingerprint density at radius 3 is 2.38 bits per heavy atom. The molecule has 3 aliphatic carbocycles. The second-order valence-corrected chi connectivity index (χ2v) is 11.8. The fourth-order valence-corrected chi connectivity index (χ4v) is 8.57. The van der Waals surface area contributed by atoms with Crippen LogP contribution < -0.4 is 0 Å². The van der Waals surface area contributed by atoms with Crippen LogP contribution in [0.2, 0.25) is 0 Å². The molecule has 2 bridgehead atoms. The molecular weight excluding hydrogens is 336 g/mol. The molecule has 1 N–H and O–H groups in total. The third-order valence-electron chi connectivity index (χ3n) is 9.52. The van der Waals surface area contributed by atoms with Crippen molar-refractivity contribution in [1.82, 2.24) is 0 Å². The summed E-state index contributed by atoms with van der Waals surface area (Å²) in [5.41, 5.74) is -0.159. The van der Waals surface area contributed by atoms with Crippen LogP contribution in [0, 0.1) is 40.4 Å². The number of hydrogen-bond donors (Lipinski definition) is 1. The van der Waals surface area contributed by atoms with Gasteiger partial charge in [-0.05, 0) is 85.0 Å². The molecule has 0 aromatic carbocycles. The molecule has 0 amide bonds. The molecule has 1 unspecified atom stereocenters. The van der Waals surface area contributed by atoms with Crippen LogP contribution in [0.4, 0.5) is 0 Å². The van der Waals surface area contributed by atoms with Crippen molar-refractivity contribution < 1.29 is 5.11 Å². The molecule has 26 heavy (non-hydrogen) atoms. The van der Waals surface area contributed by atoms with Crippen molar-refractivity contribution in [2.45, 2.75) is 85.2 Å². The Morgan fingerprint density at radius 1 is 0.962 bits per heavy atom. The van der Waals surface area contributed by atoms with Crippen molar-refractivity contribution in [3.63, 3.8) is 0 Å². The zero-order valence-electron chi connectivity index (χ0n) is 17.4. The van der Waals surface area contributed by atoms with Crippen molar-refractivity contribution in [3.05, 3.63) is 22.4 Å². The smallest absolute Gasteiger partial charge is 0.104 e. The van der Waals surface area contributed by atoms with Gasteiger partial charge in [-0.25, -0.2) is 0 Å². The zero-order chi connectivity index (χ0) is 18.7. The van der Waals surface area contributed by atoms with E-state index in [1.165, 1.54) is 43.4 Å². The van der Waals surface area contributed by atoms with Gasteiger partial charge in [-0.1, -0.05) is 47.1 Å². The van der Waals surface area contributed by atoms with E-state index in [0.29, 0.717) is 11.3 Å². The van der Waals surface area contributed by atoms with E-state index in [9.17, 15) is 5.11 Å². The molecule has 0 aliphatic heterocycles. The van der Waals surface area contributed by atoms with Gasteiger partial charge in [0.25, 0.3) is 0 Å². The molecule has 146 valence electrons. The largest absolute Gasteiger partial charge is 0.384 e. The van der Waals surface area contributed by atoms with Gasteiger partial charge in [-0.3, -0.25) is 0 Å². The highest BCUT2D eigenvalue weighted by Crippen LogP contribution is 2.65. The lowest BCUT2D eigenvalue weighted by molar-refractivity contribution is -0.185. The van der Waals surface area contributed by atoms with E-state index in [-0.39, 0.29) is 5.41 Å². The van der Waals surface area contributed by atoms with Crippen LogP contribution in [-0.4, -0.2) is 5.11 Å². The zero-order valence-corrected chi connectivity index (χ0v) is 18.2. The van der Waals surface area contributed by atoms with Gasteiger partial charge >= 0.3 is 0 Å². The maximum absolute atomic E-state index is 12.1. The summed E-state index contributed by atoms with van der Waals surface area (Å²) in [7, 11) is 0. The van der Waals surface area contributed by atoms with Gasteiger partial charge in [-0.15, -0.1) is 11.3 Å². The second kappa shape index (κ2) is 6.34. The van der Waals surface area contributed by atoms with Gasteiger partial charge in [0.05, 0.1) is 0 Å². The first kappa shape index (κ1) is 19.0. The van der Waals surface area contributed by atoms with Crippen LogP contribution in [0.5, 0.6) is 0 Å². The molecule has 4 rings (SSSR count). The molecule has 0 saturated heterocycles. The van der Waals surface area contributed by atoms with E-state index in [0.717, 1.165) is 30.1 Å². The van der Waals surface area contributed by atoms with E-state index < -0.39 is 5.60 Å². The van der Waals surface area contributed by atoms with Crippen molar-refractivity contribution in [2.75, 3.05) is 0 Å². The van der Waals surface area contributed by atoms with Gasteiger partial charge in [0.1, 0.15) is 5.60 Å². The Bertz CT molecular complexity index is 635. The summed E-state index contributed by atoms with van der Waals surface area (Å²) in [6, 6.07) is 4.31.